The van der Waals surface area contributed by atoms with E-state index in [0.29, 0.717) is 0 Å². The van der Waals surface area contributed by atoms with Gasteiger partial charge in [-0.1, -0.05) is 6.07 Å². The van der Waals surface area contributed by atoms with Crippen LogP contribution in [0.4, 0.5) is 11.4 Å². The Kier molecular flexibility index (Phi) is 3.88. The summed E-state index contributed by atoms with van der Waals surface area (Å²) in [5.41, 5.74) is 8.82. The number of nitrogens with zero attached hydrogens (tertiary/aromatic N) is 1. The van der Waals surface area contributed by atoms with Gasteiger partial charge in [-0.2, -0.15) is 0 Å². The summed E-state index contributed by atoms with van der Waals surface area (Å²) in [6.45, 7) is 0.739. The van der Waals surface area contributed by atoms with E-state index in [0.717, 1.165) is 49.5 Å². The monoisotopic (exact) mass is 414 g/mol. The minimum atomic E-state index is 0.0351. The summed E-state index contributed by atoms with van der Waals surface area (Å²) in [6.07, 6.45) is 1.88. The molecule has 0 spiro atoms. The van der Waals surface area contributed by atoms with E-state index in [1.54, 1.807) is 0 Å². The third-order valence-electron chi connectivity index (χ3n) is 3.39. The number of halogens is 2. The molecule has 0 radical (unpaired) electrons. The zero-order valence-corrected chi connectivity index (χ0v) is 14.5. The van der Waals surface area contributed by atoms with Crippen LogP contribution in [0.25, 0.3) is 0 Å². The zero-order chi connectivity index (χ0) is 14.3. The number of anilines is 2. The zero-order valence-electron chi connectivity index (χ0n) is 10.5. The molecule has 2 N–H and O–H groups in total. The molecule has 6 heteroatoms. The molecule has 0 unspecified atom stereocenters. The number of carbonyl (C=O) groups is 1. The number of nitrogens with two attached hydrogens (primary N) is 1. The lowest BCUT2D eigenvalue weighted by Crippen LogP contribution is -2.35. The number of rotatable bonds is 1. The van der Waals surface area contributed by atoms with E-state index in [4.69, 9.17) is 5.73 Å². The molecule has 2 heterocycles. The number of thiophene rings is 1. The summed E-state index contributed by atoms with van der Waals surface area (Å²) in [5, 5.41) is 0. The summed E-state index contributed by atoms with van der Waals surface area (Å²) >= 11 is 8.30. The fraction of sp³-hybridized carbons (Fsp3) is 0.214. The molecule has 3 rings (SSSR count). The lowest BCUT2D eigenvalue weighted by molar-refractivity contribution is 0.0989. The summed E-state index contributed by atoms with van der Waals surface area (Å²) in [6, 6.07) is 7.63. The number of hydrogen-bond donors (Lipinski definition) is 1. The molecule has 0 aliphatic carbocycles. The molecular formula is C14H12Br2N2OS. The highest BCUT2D eigenvalue weighted by atomic mass is 79.9. The smallest absolute Gasteiger partial charge is 0.268 e. The maximum atomic E-state index is 12.7. The van der Waals surface area contributed by atoms with Gasteiger partial charge in [0, 0.05) is 22.4 Å². The Hall–Kier alpha value is -0.850. The van der Waals surface area contributed by atoms with E-state index in [-0.39, 0.29) is 5.91 Å². The molecule has 1 aromatic heterocycles. The molecule has 0 saturated carbocycles. The summed E-state index contributed by atoms with van der Waals surface area (Å²) in [7, 11) is 0. The number of hydrogen-bond acceptors (Lipinski definition) is 3. The van der Waals surface area contributed by atoms with Crippen LogP contribution < -0.4 is 10.6 Å². The van der Waals surface area contributed by atoms with Gasteiger partial charge in [-0.25, -0.2) is 0 Å². The second-order valence-electron chi connectivity index (χ2n) is 4.64. The number of fused-ring (bicyclic) bond motifs is 1. The van der Waals surface area contributed by atoms with Crippen molar-refractivity contribution in [3.8, 4) is 0 Å². The minimum Gasteiger partial charge on any atom is -0.398 e. The van der Waals surface area contributed by atoms with E-state index in [2.05, 4.69) is 31.9 Å². The van der Waals surface area contributed by atoms with Crippen LogP contribution in [0.15, 0.2) is 32.5 Å². The first-order valence-electron chi connectivity index (χ1n) is 6.22. The summed E-state index contributed by atoms with van der Waals surface area (Å²) in [4.78, 5) is 15.2. The Balaban J connectivity index is 2.00. The average molecular weight is 416 g/mol. The largest absolute Gasteiger partial charge is 0.398 e. The van der Waals surface area contributed by atoms with Crippen molar-refractivity contribution in [2.24, 2.45) is 0 Å². The molecule has 1 aliphatic rings. The highest BCUT2D eigenvalue weighted by molar-refractivity contribution is 9.13. The Bertz CT molecular complexity index is 664. The molecule has 1 aliphatic heterocycles. The standard InChI is InChI=1S/C14H12Br2N2OS/c15-9-7-12(20-13(9)16)14(19)18-6-2-3-8-10(17)4-1-5-11(8)18/h1,4-5,7H,2-3,6,17H2. The third kappa shape index (κ3) is 2.40. The topological polar surface area (TPSA) is 46.3 Å². The lowest BCUT2D eigenvalue weighted by atomic mass is 10.00. The van der Waals surface area contributed by atoms with E-state index >= 15 is 0 Å². The highest BCUT2D eigenvalue weighted by Gasteiger charge is 2.26. The van der Waals surface area contributed by atoms with Gasteiger partial charge in [-0.15, -0.1) is 11.3 Å². The molecule has 1 amide bonds. The normalized spacial score (nSPS) is 14.2. The number of amides is 1. The number of nitrogen functional groups attached to an aromatic ring is 1. The predicted molar refractivity (Wildman–Crippen MR) is 90.6 cm³/mol. The Morgan fingerprint density at radius 3 is 2.85 bits per heavy atom. The number of benzene rings is 1. The van der Waals surface area contributed by atoms with E-state index in [1.807, 2.05) is 29.2 Å². The fourth-order valence-corrected chi connectivity index (χ4v) is 4.43. The predicted octanol–water partition coefficient (Wildman–Crippen LogP) is 4.45. The first-order valence-corrected chi connectivity index (χ1v) is 8.62. The van der Waals surface area contributed by atoms with Crippen LogP contribution in [0.5, 0.6) is 0 Å². The SMILES string of the molecule is Nc1cccc2c1CCCN2C(=O)c1cc(Br)c(Br)s1. The third-order valence-corrected chi connectivity index (χ3v) is 6.63. The van der Waals surface area contributed by atoms with Crippen molar-refractivity contribution in [2.75, 3.05) is 17.2 Å². The molecule has 0 fully saturated rings. The van der Waals surface area contributed by atoms with Gasteiger partial charge in [-0.05, 0) is 68.5 Å². The van der Waals surface area contributed by atoms with Crippen LogP contribution in [0, 0.1) is 0 Å². The van der Waals surface area contributed by atoms with Crippen LogP contribution in [0.1, 0.15) is 21.7 Å². The van der Waals surface area contributed by atoms with Crippen LogP contribution in [0.3, 0.4) is 0 Å². The van der Waals surface area contributed by atoms with Crippen molar-refractivity contribution in [3.63, 3.8) is 0 Å². The molecule has 3 nitrogen and oxygen atoms in total. The van der Waals surface area contributed by atoms with E-state index in [1.165, 1.54) is 11.3 Å². The second kappa shape index (κ2) is 5.50. The van der Waals surface area contributed by atoms with E-state index < -0.39 is 0 Å². The summed E-state index contributed by atoms with van der Waals surface area (Å²) in [5.74, 6) is 0.0351. The van der Waals surface area contributed by atoms with E-state index in [9.17, 15) is 4.79 Å². The molecule has 1 aromatic carbocycles. The van der Waals surface area contributed by atoms with Gasteiger partial charge in [0.1, 0.15) is 0 Å². The number of carbonyl (C=O) groups excluding carboxylic acids is 1. The molecule has 0 saturated heterocycles. The Labute approximate surface area is 138 Å². The first-order chi connectivity index (χ1) is 9.58. The van der Waals surface area contributed by atoms with Crippen molar-refractivity contribution in [2.45, 2.75) is 12.8 Å². The van der Waals surface area contributed by atoms with Crippen molar-refractivity contribution < 1.29 is 4.79 Å². The average Bonchev–Trinajstić information content (AvgIpc) is 2.78. The first kappa shape index (κ1) is 14.1. The maximum absolute atomic E-state index is 12.7. The van der Waals surface area contributed by atoms with Gasteiger partial charge >= 0.3 is 0 Å². The van der Waals surface area contributed by atoms with Gasteiger partial charge in [0.25, 0.3) is 5.91 Å². The molecule has 0 atom stereocenters. The lowest BCUT2D eigenvalue weighted by Gasteiger charge is -2.29. The van der Waals surface area contributed by atoms with Crippen LogP contribution in [0.2, 0.25) is 0 Å². The van der Waals surface area contributed by atoms with Gasteiger partial charge in [-0.3, -0.25) is 4.79 Å². The Morgan fingerprint density at radius 2 is 2.15 bits per heavy atom. The molecule has 20 heavy (non-hydrogen) atoms. The molecule has 104 valence electrons. The van der Waals surface area contributed by atoms with Crippen LogP contribution in [-0.4, -0.2) is 12.5 Å². The molecular weight excluding hydrogens is 404 g/mol. The van der Waals surface area contributed by atoms with Gasteiger partial charge in [0.05, 0.1) is 8.66 Å². The van der Waals surface area contributed by atoms with Gasteiger partial charge < -0.3 is 10.6 Å². The van der Waals surface area contributed by atoms with Crippen molar-refractivity contribution in [3.05, 3.63) is 43.0 Å². The van der Waals surface area contributed by atoms with Crippen molar-refractivity contribution >= 4 is 60.5 Å². The van der Waals surface area contributed by atoms with Crippen molar-refractivity contribution in [1.82, 2.24) is 0 Å². The van der Waals surface area contributed by atoms with Crippen LogP contribution >= 0.6 is 43.2 Å². The molecule has 2 aromatic rings. The Morgan fingerprint density at radius 1 is 1.35 bits per heavy atom. The summed E-state index contributed by atoms with van der Waals surface area (Å²) < 4.78 is 1.85. The fourth-order valence-electron chi connectivity index (χ4n) is 2.45. The second-order valence-corrected chi connectivity index (χ2v) is 7.86. The van der Waals surface area contributed by atoms with Gasteiger partial charge in [0.15, 0.2) is 0 Å². The van der Waals surface area contributed by atoms with Crippen LogP contribution in [-0.2, 0) is 6.42 Å². The highest BCUT2D eigenvalue weighted by Crippen LogP contribution is 2.36. The quantitative estimate of drug-likeness (QED) is 0.699. The van der Waals surface area contributed by atoms with Crippen molar-refractivity contribution in [1.29, 1.82) is 0 Å². The maximum Gasteiger partial charge on any atom is 0.268 e. The molecule has 0 bridgehead atoms. The minimum absolute atomic E-state index is 0.0351. The van der Waals surface area contributed by atoms with Gasteiger partial charge in [0.2, 0.25) is 0 Å².